The normalized spacial score (nSPS) is 10.8. The molecular formula is C20H24N2O6S. The fourth-order valence-electron chi connectivity index (χ4n) is 2.38. The number of nitrogens with one attached hydrogen (secondary N) is 2. The van der Waals surface area contributed by atoms with Crippen LogP contribution in [0.15, 0.2) is 48.5 Å². The van der Waals surface area contributed by atoms with E-state index in [0.717, 1.165) is 0 Å². The summed E-state index contributed by atoms with van der Waals surface area (Å²) in [5, 5.41) is 5.59. The van der Waals surface area contributed by atoms with E-state index in [9.17, 15) is 18.0 Å². The van der Waals surface area contributed by atoms with Crippen molar-refractivity contribution >= 4 is 33.2 Å². The molecule has 9 heteroatoms. The number of ether oxygens (including phenoxy) is 2. The lowest BCUT2D eigenvalue weighted by Gasteiger charge is -2.11. The third-order valence-corrected chi connectivity index (χ3v) is 4.91. The second-order valence-electron chi connectivity index (χ2n) is 5.99. The Bertz CT molecular complexity index is 887. The van der Waals surface area contributed by atoms with E-state index >= 15 is 0 Å². The molecule has 2 rings (SSSR count). The fraction of sp³-hybridized carbons (Fsp3) is 0.300. The van der Waals surface area contributed by atoms with Gasteiger partial charge in [-0.15, -0.1) is 0 Å². The first-order chi connectivity index (χ1) is 13.8. The van der Waals surface area contributed by atoms with Gasteiger partial charge >= 0.3 is 11.9 Å². The van der Waals surface area contributed by atoms with Crippen LogP contribution in [0.4, 0.5) is 11.4 Å². The molecule has 2 aromatic rings. The fourth-order valence-corrected chi connectivity index (χ4v) is 3.25. The van der Waals surface area contributed by atoms with Gasteiger partial charge in [0.15, 0.2) is 9.84 Å². The lowest BCUT2D eigenvalue weighted by atomic mass is 10.2. The third-order valence-electron chi connectivity index (χ3n) is 3.74. The molecular weight excluding hydrogens is 396 g/mol. The van der Waals surface area contributed by atoms with Gasteiger partial charge in [0.05, 0.1) is 24.3 Å². The average Bonchev–Trinajstić information content (AvgIpc) is 2.72. The van der Waals surface area contributed by atoms with E-state index in [1.54, 1.807) is 50.2 Å². The molecule has 2 N–H and O–H groups in total. The highest BCUT2D eigenvalue weighted by atomic mass is 32.2. The minimum Gasteiger partial charge on any atom is -0.462 e. The molecule has 0 spiro atoms. The predicted octanol–water partition coefficient (Wildman–Crippen LogP) is 2.89. The average molecular weight is 420 g/mol. The van der Waals surface area contributed by atoms with Gasteiger partial charge in [0.2, 0.25) is 0 Å². The van der Waals surface area contributed by atoms with E-state index in [4.69, 9.17) is 9.47 Å². The van der Waals surface area contributed by atoms with Crippen LogP contribution in [0.25, 0.3) is 0 Å². The summed E-state index contributed by atoms with van der Waals surface area (Å²) >= 11 is 0. The zero-order valence-electron chi connectivity index (χ0n) is 16.3. The molecule has 0 saturated carbocycles. The molecule has 0 aliphatic carbocycles. The molecule has 0 atom stereocenters. The Labute approximate surface area is 170 Å². The number of sulfone groups is 1. The van der Waals surface area contributed by atoms with Gasteiger partial charge in [0.25, 0.3) is 0 Å². The summed E-state index contributed by atoms with van der Waals surface area (Å²) < 4.78 is 34.5. The number of esters is 2. The van der Waals surface area contributed by atoms with Gasteiger partial charge in [-0.05, 0) is 50.2 Å². The summed E-state index contributed by atoms with van der Waals surface area (Å²) in [6.45, 7) is 3.94. The van der Waals surface area contributed by atoms with E-state index in [-0.39, 0.29) is 25.0 Å². The molecule has 0 aromatic heterocycles. The lowest BCUT2D eigenvalue weighted by Crippen LogP contribution is -2.22. The number of benzene rings is 2. The molecule has 0 aliphatic heterocycles. The number of carbonyl (C=O) groups is 2. The maximum atomic E-state index is 12.3. The van der Waals surface area contributed by atoms with Crippen LogP contribution in [0.3, 0.4) is 0 Å². The van der Waals surface area contributed by atoms with Crippen molar-refractivity contribution in [2.24, 2.45) is 0 Å². The number of anilines is 2. The summed E-state index contributed by atoms with van der Waals surface area (Å²) in [5.41, 5.74) is 1.65. The maximum absolute atomic E-state index is 12.3. The van der Waals surface area contributed by atoms with Crippen molar-refractivity contribution in [3.8, 4) is 0 Å². The number of hydrogen-bond acceptors (Lipinski definition) is 8. The Morgan fingerprint density at radius 2 is 1.21 bits per heavy atom. The topological polar surface area (TPSA) is 111 Å². The maximum Gasteiger partial charge on any atom is 0.338 e. The van der Waals surface area contributed by atoms with Crippen molar-refractivity contribution in [1.29, 1.82) is 0 Å². The Hall–Kier alpha value is -3.07. The zero-order valence-corrected chi connectivity index (χ0v) is 17.1. The van der Waals surface area contributed by atoms with Crippen LogP contribution in [0.5, 0.6) is 0 Å². The summed E-state index contributed by atoms with van der Waals surface area (Å²) in [7, 11) is -3.52. The van der Waals surface area contributed by atoms with Gasteiger partial charge in [-0.3, -0.25) is 0 Å². The number of hydrogen-bond donors (Lipinski definition) is 2. The van der Waals surface area contributed by atoms with Crippen LogP contribution in [0.1, 0.15) is 34.6 Å². The Morgan fingerprint density at radius 3 is 1.59 bits per heavy atom. The smallest absolute Gasteiger partial charge is 0.338 e. The van der Waals surface area contributed by atoms with Crippen molar-refractivity contribution in [2.45, 2.75) is 13.8 Å². The molecule has 0 unspecified atom stereocenters. The molecule has 0 amide bonds. The van der Waals surface area contributed by atoms with Crippen molar-refractivity contribution in [3.05, 3.63) is 59.7 Å². The molecule has 0 saturated heterocycles. The zero-order chi connectivity index (χ0) is 21.3. The van der Waals surface area contributed by atoms with E-state index in [1.807, 2.05) is 0 Å². The van der Waals surface area contributed by atoms with Crippen molar-refractivity contribution in [2.75, 3.05) is 35.6 Å². The van der Waals surface area contributed by atoms with Crippen molar-refractivity contribution in [1.82, 2.24) is 0 Å². The summed E-state index contributed by atoms with van der Waals surface area (Å²) in [6.07, 6.45) is 0. The molecule has 2 aromatic carbocycles. The van der Waals surface area contributed by atoms with Gasteiger partial charge < -0.3 is 20.1 Å². The first-order valence-corrected chi connectivity index (χ1v) is 10.9. The second kappa shape index (κ2) is 10.5. The van der Waals surface area contributed by atoms with Gasteiger partial charge in [0.1, 0.15) is 11.8 Å². The molecule has 156 valence electrons. The minimum absolute atomic E-state index is 0.258. The van der Waals surface area contributed by atoms with Crippen molar-refractivity contribution < 1.29 is 27.5 Å². The highest BCUT2D eigenvalue weighted by Crippen LogP contribution is 2.14. The monoisotopic (exact) mass is 420 g/mol. The molecule has 29 heavy (non-hydrogen) atoms. The lowest BCUT2D eigenvalue weighted by molar-refractivity contribution is 0.0517. The van der Waals surface area contributed by atoms with E-state index in [1.165, 1.54) is 12.1 Å². The van der Waals surface area contributed by atoms with Crippen LogP contribution in [-0.4, -0.2) is 45.3 Å². The molecule has 0 bridgehead atoms. The SMILES string of the molecule is CCOC(=O)c1cccc(NCS(=O)(=O)CNc2cccc(C(=O)OCC)c2)c1. The molecule has 0 heterocycles. The highest BCUT2D eigenvalue weighted by Gasteiger charge is 2.13. The standard InChI is InChI=1S/C20H24N2O6S/c1-3-27-19(23)15-7-5-9-17(11-15)21-13-29(25,26)14-22-18-10-6-8-16(12-18)20(24)28-4-2/h5-12,21-22H,3-4,13-14H2,1-2H3. The first-order valence-electron chi connectivity index (χ1n) is 9.07. The third kappa shape index (κ3) is 7.11. The van der Waals surface area contributed by atoms with Crippen molar-refractivity contribution in [3.63, 3.8) is 0 Å². The van der Waals surface area contributed by atoms with Crippen LogP contribution in [0.2, 0.25) is 0 Å². The van der Waals surface area contributed by atoms with Gasteiger partial charge in [-0.2, -0.15) is 0 Å². The van der Waals surface area contributed by atoms with Crippen LogP contribution in [0, 0.1) is 0 Å². The summed E-state index contributed by atoms with van der Waals surface area (Å²) in [6, 6.07) is 12.8. The molecule has 0 radical (unpaired) electrons. The summed E-state index contributed by atoms with van der Waals surface area (Å²) in [4.78, 5) is 23.5. The minimum atomic E-state index is -3.52. The quantitative estimate of drug-likeness (QED) is 0.565. The first kappa shape index (κ1) is 22.2. The predicted molar refractivity (Wildman–Crippen MR) is 111 cm³/mol. The molecule has 8 nitrogen and oxygen atoms in total. The van der Waals surface area contributed by atoms with Crippen LogP contribution >= 0.6 is 0 Å². The van der Waals surface area contributed by atoms with Crippen LogP contribution < -0.4 is 10.6 Å². The number of rotatable bonds is 10. The molecule has 0 aliphatic rings. The Morgan fingerprint density at radius 1 is 0.793 bits per heavy atom. The largest absolute Gasteiger partial charge is 0.462 e. The van der Waals surface area contributed by atoms with Crippen LogP contribution in [-0.2, 0) is 19.3 Å². The highest BCUT2D eigenvalue weighted by molar-refractivity contribution is 7.91. The van der Waals surface area contributed by atoms with Gasteiger partial charge in [-0.1, -0.05) is 12.1 Å². The molecule has 0 fully saturated rings. The van der Waals surface area contributed by atoms with E-state index in [2.05, 4.69) is 10.6 Å². The second-order valence-corrected chi connectivity index (χ2v) is 8.05. The number of carbonyl (C=O) groups excluding carboxylic acids is 2. The summed E-state index contributed by atoms with van der Waals surface area (Å²) in [5.74, 6) is -1.60. The van der Waals surface area contributed by atoms with E-state index in [0.29, 0.717) is 22.5 Å². The van der Waals surface area contributed by atoms with Gasteiger partial charge in [0, 0.05) is 11.4 Å². The van der Waals surface area contributed by atoms with E-state index < -0.39 is 21.8 Å². The Balaban J connectivity index is 1.94. The Kier molecular flexibility index (Phi) is 8.02. The van der Waals surface area contributed by atoms with Gasteiger partial charge in [-0.25, -0.2) is 18.0 Å².